The molecule has 4 N–H and O–H groups in total. The topological polar surface area (TPSA) is 161 Å². The minimum Gasteiger partial charge on any atom is -0.463 e. The van der Waals surface area contributed by atoms with Crippen LogP contribution < -0.4 is 25.7 Å². The predicted octanol–water partition coefficient (Wildman–Crippen LogP) is 4.62. The highest BCUT2D eigenvalue weighted by molar-refractivity contribution is 5.86. The first-order valence-electron chi connectivity index (χ1n) is 14.8. The van der Waals surface area contributed by atoms with E-state index in [4.69, 9.17) is 14.5 Å². The average molecular weight is 585 g/mol. The van der Waals surface area contributed by atoms with Crippen molar-refractivity contribution < 1.29 is 9.47 Å². The molecular weight excluding hydrogens is 548 g/mol. The number of nitrogens with one attached hydrogen (secondary N) is 4. The van der Waals surface area contributed by atoms with Gasteiger partial charge in [0.1, 0.15) is 11.4 Å². The minimum atomic E-state index is -0.236. The molecule has 0 unspecified atom stereocenters. The van der Waals surface area contributed by atoms with Crippen LogP contribution in [0.25, 0.3) is 28.1 Å². The van der Waals surface area contributed by atoms with Gasteiger partial charge in [-0.25, -0.2) is 9.97 Å². The van der Waals surface area contributed by atoms with Crippen molar-refractivity contribution in [3.63, 3.8) is 0 Å². The van der Waals surface area contributed by atoms with Gasteiger partial charge in [0.15, 0.2) is 0 Å². The van der Waals surface area contributed by atoms with Gasteiger partial charge in [-0.2, -0.15) is 9.97 Å². The van der Waals surface area contributed by atoms with Gasteiger partial charge in [-0.1, -0.05) is 19.8 Å². The first kappa shape index (κ1) is 28.2. The first-order chi connectivity index (χ1) is 21.1. The third-order valence-electron chi connectivity index (χ3n) is 7.35. The van der Waals surface area contributed by atoms with E-state index in [1.807, 2.05) is 42.8 Å². The fourth-order valence-electron chi connectivity index (χ4n) is 5.25. The minimum absolute atomic E-state index is 0.228. The van der Waals surface area contributed by atoms with Crippen LogP contribution in [-0.2, 0) is 0 Å². The summed E-state index contributed by atoms with van der Waals surface area (Å²) in [4.78, 5) is 41.2. The number of rotatable bonds is 13. The maximum absolute atomic E-state index is 13.0. The summed E-state index contributed by atoms with van der Waals surface area (Å²) in [6.07, 6.45) is 13.1. The van der Waals surface area contributed by atoms with E-state index in [0.29, 0.717) is 55.2 Å². The lowest BCUT2D eigenvalue weighted by Crippen LogP contribution is -2.18. The number of ether oxygens (including phenoxy) is 2. The molecular formula is C30H36N10O3. The van der Waals surface area contributed by atoms with E-state index in [9.17, 15) is 4.79 Å². The molecule has 43 heavy (non-hydrogen) atoms. The summed E-state index contributed by atoms with van der Waals surface area (Å²) in [5, 5.41) is 6.76. The number of H-pyrrole nitrogens is 2. The van der Waals surface area contributed by atoms with Crippen molar-refractivity contribution in [3.05, 3.63) is 59.0 Å². The number of nitrogens with zero attached hydrogens (tertiary/aromatic N) is 6. The van der Waals surface area contributed by atoms with E-state index in [-0.39, 0.29) is 17.6 Å². The standard InChI is InChI=1S/C30H36N10O3/c1-3-14-42-29-37-28(34-20-7-4-5-8-20)38-30(39-29)43-15-6-10-32-22-9-11-33-27(41)24(22)26-35-23-17-21(40-13-12-31-18-40)16-19(2)25(23)36-26/h9,11-13,16-18,20H,3-8,10,14-15H2,1-2H3,(H,35,36)(H2,32,33,41)(H,34,37,38,39). The van der Waals surface area contributed by atoms with Crippen LogP contribution in [0, 0.1) is 6.92 Å². The monoisotopic (exact) mass is 584 g/mol. The fourth-order valence-corrected chi connectivity index (χ4v) is 5.25. The van der Waals surface area contributed by atoms with Crippen molar-refractivity contribution >= 4 is 22.7 Å². The van der Waals surface area contributed by atoms with Gasteiger partial charge in [-0.3, -0.25) is 4.79 Å². The molecule has 0 amide bonds. The van der Waals surface area contributed by atoms with Crippen LogP contribution in [0.4, 0.5) is 11.6 Å². The molecule has 6 rings (SSSR count). The Morgan fingerprint density at radius 1 is 1.07 bits per heavy atom. The number of aromatic amines is 2. The molecule has 13 nitrogen and oxygen atoms in total. The molecule has 5 aromatic rings. The van der Waals surface area contributed by atoms with Gasteiger partial charge < -0.3 is 34.6 Å². The summed E-state index contributed by atoms with van der Waals surface area (Å²) in [7, 11) is 0. The lowest BCUT2D eigenvalue weighted by atomic mass is 10.2. The molecule has 13 heteroatoms. The second-order valence-electron chi connectivity index (χ2n) is 10.6. The molecule has 4 aromatic heterocycles. The molecule has 1 aromatic carbocycles. The molecule has 0 radical (unpaired) electrons. The van der Waals surface area contributed by atoms with Crippen LogP contribution in [0.15, 0.2) is 47.9 Å². The van der Waals surface area contributed by atoms with Gasteiger partial charge in [0.2, 0.25) is 5.95 Å². The highest BCUT2D eigenvalue weighted by Gasteiger charge is 2.18. The van der Waals surface area contributed by atoms with Crippen molar-refractivity contribution in [1.82, 2.24) is 39.5 Å². The van der Waals surface area contributed by atoms with Gasteiger partial charge in [0.25, 0.3) is 5.56 Å². The molecule has 1 aliphatic carbocycles. The average Bonchev–Trinajstić information content (AvgIpc) is 3.79. The van der Waals surface area contributed by atoms with Gasteiger partial charge in [-0.15, -0.1) is 4.98 Å². The second-order valence-corrected chi connectivity index (χ2v) is 10.6. The maximum Gasteiger partial charge on any atom is 0.324 e. The number of anilines is 2. The highest BCUT2D eigenvalue weighted by Crippen LogP contribution is 2.28. The predicted molar refractivity (Wildman–Crippen MR) is 164 cm³/mol. The Morgan fingerprint density at radius 3 is 2.65 bits per heavy atom. The van der Waals surface area contributed by atoms with Crippen molar-refractivity contribution in [3.8, 4) is 29.1 Å². The van der Waals surface area contributed by atoms with Gasteiger partial charge in [0.05, 0.1) is 36.3 Å². The van der Waals surface area contributed by atoms with Crippen LogP contribution in [-0.4, -0.2) is 65.3 Å². The van der Waals surface area contributed by atoms with Crippen LogP contribution in [0.3, 0.4) is 0 Å². The van der Waals surface area contributed by atoms with E-state index in [1.165, 1.54) is 12.8 Å². The van der Waals surface area contributed by atoms with E-state index in [0.717, 1.165) is 41.5 Å². The molecule has 0 saturated heterocycles. The number of pyridine rings is 1. The Labute approximate surface area is 248 Å². The number of imidazole rings is 2. The second kappa shape index (κ2) is 12.9. The molecule has 0 bridgehead atoms. The first-order valence-corrected chi connectivity index (χ1v) is 14.8. The lowest BCUT2D eigenvalue weighted by Gasteiger charge is -2.14. The molecule has 0 aliphatic heterocycles. The third kappa shape index (κ3) is 6.60. The number of aryl methyl sites for hydroxylation is 1. The number of hydrogen-bond acceptors (Lipinski definition) is 10. The van der Waals surface area contributed by atoms with E-state index in [2.05, 4.69) is 40.5 Å². The van der Waals surface area contributed by atoms with E-state index >= 15 is 0 Å². The summed E-state index contributed by atoms with van der Waals surface area (Å²) in [5.41, 5.74) is 4.48. The van der Waals surface area contributed by atoms with Gasteiger partial charge in [-0.05, 0) is 56.4 Å². The third-order valence-corrected chi connectivity index (χ3v) is 7.35. The molecule has 4 heterocycles. The van der Waals surface area contributed by atoms with Crippen molar-refractivity contribution in [2.45, 2.75) is 58.4 Å². The van der Waals surface area contributed by atoms with E-state index in [1.54, 1.807) is 18.7 Å². The Bertz CT molecular complexity index is 1720. The SMILES string of the molecule is CCCOc1nc(NC2CCCC2)nc(OCCCNc2cc[nH]c(=O)c2-c2nc3c(C)cc(-n4ccnc4)cc3[nH]2)n1. The summed E-state index contributed by atoms with van der Waals surface area (Å²) in [6, 6.07) is 6.72. The highest BCUT2D eigenvalue weighted by atomic mass is 16.5. The van der Waals surface area contributed by atoms with E-state index < -0.39 is 0 Å². The smallest absolute Gasteiger partial charge is 0.324 e. The van der Waals surface area contributed by atoms with Gasteiger partial charge in [0, 0.05) is 36.9 Å². The zero-order valence-electron chi connectivity index (χ0n) is 24.4. The fraction of sp³-hybridized carbons (Fsp3) is 0.400. The normalized spacial score (nSPS) is 13.4. The zero-order chi connectivity index (χ0) is 29.6. The van der Waals surface area contributed by atoms with Crippen molar-refractivity contribution in [2.75, 3.05) is 30.4 Å². The lowest BCUT2D eigenvalue weighted by molar-refractivity contribution is 0.261. The van der Waals surface area contributed by atoms with Crippen LogP contribution in [0.2, 0.25) is 0 Å². The summed E-state index contributed by atoms with van der Waals surface area (Å²) < 4.78 is 13.5. The molecule has 1 saturated carbocycles. The number of benzene rings is 1. The number of fused-ring (bicyclic) bond motifs is 1. The Morgan fingerprint density at radius 2 is 1.88 bits per heavy atom. The van der Waals surface area contributed by atoms with Crippen LogP contribution in [0.5, 0.6) is 12.0 Å². The summed E-state index contributed by atoms with van der Waals surface area (Å²) in [6.45, 7) is 5.47. The van der Waals surface area contributed by atoms with Gasteiger partial charge >= 0.3 is 12.0 Å². The van der Waals surface area contributed by atoms with Crippen LogP contribution in [0.1, 0.15) is 51.0 Å². The molecule has 1 aliphatic rings. The molecule has 1 fully saturated rings. The largest absolute Gasteiger partial charge is 0.463 e. The Hall–Kier alpha value is -4.94. The number of aromatic nitrogens is 8. The summed E-state index contributed by atoms with van der Waals surface area (Å²) in [5.74, 6) is 0.973. The Balaban J connectivity index is 1.12. The molecule has 224 valence electrons. The molecule has 0 atom stereocenters. The van der Waals surface area contributed by atoms with Crippen molar-refractivity contribution in [2.24, 2.45) is 0 Å². The number of hydrogen-bond donors (Lipinski definition) is 4. The van der Waals surface area contributed by atoms with Crippen molar-refractivity contribution in [1.29, 1.82) is 0 Å². The Kier molecular flexibility index (Phi) is 8.47. The van der Waals surface area contributed by atoms with Crippen LogP contribution >= 0.6 is 0 Å². The summed E-state index contributed by atoms with van der Waals surface area (Å²) >= 11 is 0. The zero-order valence-corrected chi connectivity index (χ0v) is 24.4. The molecule has 0 spiro atoms. The maximum atomic E-state index is 13.0. The quantitative estimate of drug-likeness (QED) is 0.144.